The van der Waals surface area contributed by atoms with Gasteiger partial charge in [0.1, 0.15) is 22.1 Å². The number of likely N-dealkylation sites (N-methyl/N-ethyl adjacent to an activating group) is 1. The molecule has 0 saturated heterocycles. The van der Waals surface area contributed by atoms with Crippen molar-refractivity contribution in [1.29, 1.82) is 0 Å². The van der Waals surface area contributed by atoms with Gasteiger partial charge in [0, 0.05) is 5.56 Å². The third-order valence-electron chi connectivity index (χ3n) is 4.68. The molecular formula is C16H24BrNO3. The number of ether oxygens (including phenoxy) is 2. The van der Waals surface area contributed by atoms with E-state index >= 15 is 0 Å². The molecule has 0 amide bonds. The second kappa shape index (κ2) is 6.55. The van der Waals surface area contributed by atoms with Crippen LogP contribution in [0.2, 0.25) is 0 Å². The normalized spacial score (nSPS) is 18.8. The summed E-state index contributed by atoms with van der Waals surface area (Å²) in [6.45, 7) is 0. The summed E-state index contributed by atoms with van der Waals surface area (Å²) in [6.07, 6.45) is 3.69. The number of hydrogen-bond acceptors (Lipinski definition) is 4. The van der Waals surface area contributed by atoms with Gasteiger partial charge >= 0.3 is 0 Å². The van der Waals surface area contributed by atoms with Crippen LogP contribution in [0.15, 0.2) is 16.6 Å². The van der Waals surface area contributed by atoms with E-state index in [-0.39, 0.29) is 5.54 Å². The van der Waals surface area contributed by atoms with Crippen LogP contribution in [0.5, 0.6) is 11.5 Å². The van der Waals surface area contributed by atoms with Gasteiger partial charge in [0.05, 0.1) is 19.8 Å². The summed E-state index contributed by atoms with van der Waals surface area (Å²) in [5, 5.41) is 11.1. The highest BCUT2D eigenvalue weighted by Gasteiger charge is 2.44. The van der Waals surface area contributed by atoms with Crippen LogP contribution in [0.3, 0.4) is 0 Å². The molecule has 1 aliphatic carbocycles. The number of rotatable bonds is 5. The topological polar surface area (TPSA) is 41.9 Å². The molecular weight excluding hydrogens is 334 g/mol. The largest absolute Gasteiger partial charge is 0.495 e. The monoisotopic (exact) mass is 357 g/mol. The maximum Gasteiger partial charge on any atom is 0.142 e. The zero-order valence-corrected chi connectivity index (χ0v) is 14.7. The van der Waals surface area contributed by atoms with Crippen molar-refractivity contribution in [1.82, 2.24) is 4.90 Å². The second-order valence-electron chi connectivity index (χ2n) is 5.81. The number of benzene rings is 1. The van der Waals surface area contributed by atoms with Crippen molar-refractivity contribution in [3.05, 3.63) is 22.2 Å². The number of nitrogens with zero attached hydrogens (tertiary/aromatic N) is 1. The summed E-state index contributed by atoms with van der Waals surface area (Å²) in [7, 11) is 7.32. The molecule has 21 heavy (non-hydrogen) atoms. The standard InChI is InChI=1S/C16H24BrNO3/c1-18(2)16(9-5-6-10-16)15(19)11-7-8-12(20-3)13(17)14(11)21-4/h7-8,15,19H,5-6,9-10H2,1-4H3. The summed E-state index contributed by atoms with van der Waals surface area (Å²) in [4.78, 5) is 2.16. The van der Waals surface area contributed by atoms with Gasteiger partial charge in [-0.1, -0.05) is 12.8 Å². The Labute approximate surface area is 135 Å². The SMILES string of the molecule is COc1ccc(C(O)C2(N(C)C)CCCC2)c(OC)c1Br. The zero-order chi connectivity index (χ0) is 15.6. The van der Waals surface area contributed by atoms with E-state index in [9.17, 15) is 5.11 Å². The maximum absolute atomic E-state index is 11.1. The van der Waals surface area contributed by atoms with Gasteiger partial charge in [0.2, 0.25) is 0 Å². The van der Waals surface area contributed by atoms with Gasteiger partial charge in [0.15, 0.2) is 0 Å². The van der Waals surface area contributed by atoms with Gasteiger partial charge in [-0.3, -0.25) is 0 Å². The lowest BCUT2D eigenvalue weighted by Crippen LogP contribution is -2.47. The molecule has 0 bridgehead atoms. The molecule has 5 heteroatoms. The molecule has 1 N–H and O–H groups in total. The summed E-state index contributed by atoms with van der Waals surface area (Å²) in [5.74, 6) is 1.35. The van der Waals surface area contributed by atoms with E-state index in [2.05, 4.69) is 20.8 Å². The number of hydrogen-bond donors (Lipinski definition) is 1. The average Bonchev–Trinajstić information content (AvgIpc) is 2.97. The van der Waals surface area contributed by atoms with Crippen LogP contribution in [-0.4, -0.2) is 43.9 Å². The molecule has 0 aromatic heterocycles. The van der Waals surface area contributed by atoms with Crippen LogP contribution in [0.1, 0.15) is 37.4 Å². The fourth-order valence-electron chi connectivity index (χ4n) is 3.38. The molecule has 1 atom stereocenters. The molecule has 0 spiro atoms. The molecule has 0 radical (unpaired) electrons. The van der Waals surface area contributed by atoms with Crippen LogP contribution >= 0.6 is 15.9 Å². The van der Waals surface area contributed by atoms with Crippen molar-refractivity contribution in [2.24, 2.45) is 0 Å². The van der Waals surface area contributed by atoms with E-state index in [1.807, 2.05) is 26.2 Å². The lowest BCUT2D eigenvalue weighted by atomic mass is 9.84. The average molecular weight is 358 g/mol. The van der Waals surface area contributed by atoms with Crippen molar-refractivity contribution in [3.63, 3.8) is 0 Å². The molecule has 1 aromatic rings. The Kier molecular flexibility index (Phi) is 5.17. The van der Waals surface area contributed by atoms with Gasteiger partial charge in [-0.15, -0.1) is 0 Å². The fraction of sp³-hybridized carbons (Fsp3) is 0.625. The maximum atomic E-state index is 11.1. The van der Waals surface area contributed by atoms with Crippen molar-refractivity contribution in [2.45, 2.75) is 37.3 Å². The third-order valence-corrected chi connectivity index (χ3v) is 5.43. The van der Waals surface area contributed by atoms with Crippen LogP contribution < -0.4 is 9.47 Å². The Morgan fingerprint density at radius 3 is 2.29 bits per heavy atom. The van der Waals surface area contributed by atoms with Gasteiger partial charge in [0.25, 0.3) is 0 Å². The van der Waals surface area contributed by atoms with Crippen molar-refractivity contribution in [2.75, 3.05) is 28.3 Å². The van der Waals surface area contributed by atoms with Gasteiger partial charge < -0.3 is 19.5 Å². The summed E-state index contributed by atoms with van der Waals surface area (Å²) in [6, 6.07) is 3.76. The molecule has 1 aliphatic rings. The van der Waals surface area contributed by atoms with E-state index in [4.69, 9.17) is 9.47 Å². The zero-order valence-electron chi connectivity index (χ0n) is 13.1. The first kappa shape index (κ1) is 16.6. The smallest absolute Gasteiger partial charge is 0.142 e. The van der Waals surface area contributed by atoms with Crippen LogP contribution in [0, 0.1) is 0 Å². The highest BCUT2D eigenvalue weighted by atomic mass is 79.9. The van der Waals surface area contributed by atoms with E-state index in [0.29, 0.717) is 11.5 Å². The highest BCUT2D eigenvalue weighted by Crippen LogP contribution is 2.48. The Morgan fingerprint density at radius 1 is 1.19 bits per heavy atom. The van der Waals surface area contributed by atoms with E-state index in [1.165, 1.54) is 0 Å². The van der Waals surface area contributed by atoms with Crippen LogP contribution in [-0.2, 0) is 0 Å². The van der Waals surface area contributed by atoms with Crippen molar-refractivity contribution in [3.8, 4) is 11.5 Å². The fourth-order valence-corrected chi connectivity index (χ4v) is 4.06. The Hall–Kier alpha value is -0.780. The lowest BCUT2D eigenvalue weighted by molar-refractivity contribution is -0.00606. The first-order valence-electron chi connectivity index (χ1n) is 7.24. The molecule has 0 heterocycles. The van der Waals surface area contributed by atoms with E-state index in [0.717, 1.165) is 35.7 Å². The summed E-state index contributed by atoms with van der Waals surface area (Å²) < 4.78 is 11.6. The minimum absolute atomic E-state index is 0.221. The lowest BCUT2D eigenvalue weighted by Gasteiger charge is -2.41. The quantitative estimate of drug-likeness (QED) is 0.876. The predicted molar refractivity (Wildman–Crippen MR) is 87.1 cm³/mol. The number of aliphatic hydroxyl groups is 1. The third kappa shape index (κ3) is 2.79. The van der Waals surface area contributed by atoms with Gasteiger partial charge in [-0.05, 0) is 55.0 Å². The Balaban J connectivity index is 2.47. The van der Waals surface area contributed by atoms with Crippen LogP contribution in [0.4, 0.5) is 0 Å². The molecule has 4 nitrogen and oxygen atoms in total. The first-order chi connectivity index (χ1) is 9.97. The molecule has 1 saturated carbocycles. The van der Waals surface area contributed by atoms with E-state index < -0.39 is 6.10 Å². The Morgan fingerprint density at radius 2 is 1.81 bits per heavy atom. The molecule has 0 aliphatic heterocycles. The summed E-state index contributed by atoms with van der Waals surface area (Å²) >= 11 is 3.51. The van der Waals surface area contributed by atoms with Crippen molar-refractivity contribution >= 4 is 15.9 Å². The molecule has 2 rings (SSSR count). The van der Waals surface area contributed by atoms with Gasteiger partial charge in [-0.2, -0.15) is 0 Å². The summed E-state index contributed by atoms with van der Waals surface area (Å²) in [5.41, 5.74) is 0.585. The van der Waals surface area contributed by atoms with Crippen molar-refractivity contribution < 1.29 is 14.6 Å². The molecule has 1 fully saturated rings. The van der Waals surface area contributed by atoms with Gasteiger partial charge in [-0.25, -0.2) is 0 Å². The second-order valence-corrected chi connectivity index (χ2v) is 6.60. The minimum atomic E-state index is -0.591. The first-order valence-corrected chi connectivity index (χ1v) is 8.03. The predicted octanol–water partition coefficient (Wildman–Crippen LogP) is 3.37. The Bertz CT molecular complexity index is 499. The minimum Gasteiger partial charge on any atom is -0.495 e. The molecule has 1 unspecified atom stereocenters. The van der Waals surface area contributed by atoms with E-state index in [1.54, 1.807) is 14.2 Å². The number of aliphatic hydroxyl groups excluding tert-OH is 1. The molecule has 118 valence electrons. The number of halogens is 1. The van der Waals surface area contributed by atoms with Crippen LogP contribution in [0.25, 0.3) is 0 Å². The highest BCUT2D eigenvalue weighted by molar-refractivity contribution is 9.10. The molecule has 1 aromatic carbocycles. The number of methoxy groups -OCH3 is 2.